The molecule has 0 aromatic heterocycles. The van der Waals surface area contributed by atoms with Crippen molar-refractivity contribution in [1.82, 2.24) is 0 Å². The quantitative estimate of drug-likeness (QED) is 0.313. The molecule has 0 saturated heterocycles. The lowest BCUT2D eigenvalue weighted by Gasteiger charge is -2.28. The number of halogens is 6. The lowest BCUT2D eigenvalue weighted by atomic mass is 9.90. The molecule has 1 atom stereocenters. The number of aliphatic hydroxyl groups is 1. The van der Waals surface area contributed by atoms with E-state index in [2.05, 4.69) is 0 Å². The molecule has 0 aliphatic carbocycles. The van der Waals surface area contributed by atoms with E-state index in [1.54, 1.807) is 25.1 Å². The van der Waals surface area contributed by atoms with E-state index in [1.807, 2.05) is 0 Å². The molecule has 0 fully saturated rings. The van der Waals surface area contributed by atoms with Crippen LogP contribution in [0.25, 0.3) is 0 Å². The summed E-state index contributed by atoms with van der Waals surface area (Å²) in [7, 11) is 0. The molecule has 1 unspecified atom stereocenters. The van der Waals surface area contributed by atoms with Crippen molar-refractivity contribution in [3.8, 4) is 0 Å². The van der Waals surface area contributed by atoms with Crippen molar-refractivity contribution >= 4 is 17.4 Å². The second-order valence-electron chi connectivity index (χ2n) is 8.21. The van der Waals surface area contributed by atoms with E-state index in [-0.39, 0.29) is 17.3 Å². The van der Waals surface area contributed by atoms with Gasteiger partial charge in [-0.3, -0.25) is 14.5 Å². The summed E-state index contributed by atoms with van der Waals surface area (Å²) in [5.74, 6) is -3.09. The average Bonchev–Trinajstić information content (AvgIpc) is 3.08. The van der Waals surface area contributed by atoms with Gasteiger partial charge in [0.05, 0.1) is 22.7 Å². The maximum absolute atomic E-state index is 13.6. The SMILES string of the molecule is Cc1ccc(C(=O)C2=C(O)C(=O)N(c3ccccc3)C2c2cc(C(F)(F)F)cc(C(F)(F)F)c2)cc1. The van der Waals surface area contributed by atoms with Gasteiger partial charge in [0.25, 0.3) is 5.91 Å². The summed E-state index contributed by atoms with van der Waals surface area (Å²) >= 11 is 0. The highest BCUT2D eigenvalue weighted by Crippen LogP contribution is 2.45. The summed E-state index contributed by atoms with van der Waals surface area (Å²) in [6, 6.07) is 12.3. The third-order valence-electron chi connectivity index (χ3n) is 5.73. The number of Topliss-reactive ketones (excluding diaryl/α,β-unsaturated/α-hetero) is 1. The molecule has 10 heteroatoms. The van der Waals surface area contributed by atoms with E-state index in [4.69, 9.17) is 0 Å². The topological polar surface area (TPSA) is 57.6 Å². The Morgan fingerprint density at radius 3 is 1.86 bits per heavy atom. The van der Waals surface area contributed by atoms with Crippen LogP contribution in [-0.2, 0) is 17.1 Å². The number of benzene rings is 3. The molecule has 4 nitrogen and oxygen atoms in total. The zero-order chi connectivity index (χ0) is 26.4. The predicted molar refractivity (Wildman–Crippen MR) is 118 cm³/mol. The molecule has 3 aromatic rings. The normalized spacial score (nSPS) is 16.6. The summed E-state index contributed by atoms with van der Waals surface area (Å²) in [5.41, 5.74) is -3.63. The molecule has 0 spiro atoms. The van der Waals surface area contributed by atoms with E-state index in [9.17, 15) is 41.0 Å². The first-order valence-corrected chi connectivity index (χ1v) is 10.5. The van der Waals surface area contributed by atoms with Gasteiger partial charge in [0.2, 0.25) is 0 Å². The number of para-hydroxylation sites is 1. The number of aliphatic hydroxyl groups excluding tert-OH is 1. The van der Waals surface area contributed by atoms with Crippen LogP contribution in [0.4, 0.5) is 32.0 Å². The van der Waals surface area contributed by atoms with Gasteiger partial charge >= 0.3 is 12.4 Å². The van der Waals surface area contributed by atoms with Gasteiger partial charge in [0.1, 0.15) is 0 Å². The van der Waals surface area contributed by atoms with Crippen LogP contribution in [0.5, 0.6) is 0 Å². The summed E-state index contributed by atoms with van der Waals surface area (Å²) in [5, 5.41) is 10.7. The second-order valence-corrected chi connectivity index (χ2v) is 8.21. The van der Waals surface area contributed by atoms with E-state index in [0.717, 1.165) is 10.5 Å². The number of carbonyl (C=O) groups is 2. The molecule has 1 aliphatic heterocycles. The van der Waals surface area contributed by atoms with E-state index >= 15 is 0 Å². The lowest BCUT2D eigenvalue weighted by molar-refractivity contribution is -0.143. The van der Waals surface area contributed by atoms with Crippen molar-refractivity contribution in [2.75, 3.05) is 4.90 Å². The van der Waals surface area contributed by atoms with Crippen LogP contribution in [-0.4, -0.2) is 16.8 Å². The second kappa shape index (κ2) is 8.85. The molecule has 1 N–H and O–H groups in total. The van der Waals surface area contributed by atoms with E-state index in [1.165, 1.54) is 36.4 Å². The average molecular weight is 505 g/mol. The predicted octanol–water partition coefficient (Wildman–Crippen LogP) is 6.82. The van der Waals surface area contributed by atoms with E-state index in [0.29, 0.717) is 12.1 Å². The van der Waals surface area contributed by atoms with Crippen molar-refractivity contribution in [3.05, 3.63) is 112 Å². The van der Waals surface area contributed by atoms with Gasteiger partial charge in [0.15, 0.2) is 11.5 Å². The van der Waals surface area contributed by atoms with Gasteiger partial charge in [-0.1, -0.05) is 48.0 Å². The molecule has 3 aromatic carbocycles. The minimum atomic E-state index is -5.15. The molecule has 0 bridgehead atoms. The Morgan fingerprint density at radius 1 is 0.833 bits per heavy atom. The summed E-state index contributed by atoms with van der Waals surface area (Å²) in [6.45, 7) is 1.74. The molecule has 186 valence electrons. The van der Waals surface area contributed by atoms with Crippen molar-refractivity contribution < 1.29 is 41.0 Å². The fourth-order valence-corrected chi connectivity index (χ4v) is 4.00. The number of amides is 1. The molecule has 1 aliphatic rings. The van der Waals surface area contributed by atoms with Crippen LogP contribution < -0.4 is 4.90 Å². The first kappa shape index (κ1) is 25.0. The number of carbonyl (C=O) groups excluding carboxylic acids is 2. The van der Waals surface area contributed by atoms with Crippen molar-refractivity contribution in [1.29, 1.82) is 0 Å². The lowest BCUT2D eigenvalue weighted by Crippen LogP contribution is -2.31. The molecule has 4 rings (SSSR count). The maximum atomic E-state index is 13.6. The van der Waals surface area contributed by atoms with Crippen LogP contribution in [0.3, 0.4) is 0 Å². The first-order valence-electron chi connectivity index (χ1n) is 10.5. The number of hydrogen-bond acceptors (Lipinski definition) is 3. The Bertz CT molecular complexity index is 1330. The molecule has 0 radical (unpaired) electrons. The summed E-state index contributed by atoms with van der Waals surface area (Å²) < 4.78 is 81.5. The number of ketones is 1. The Morgan fingerprint density at radius 2 is 1.36 bits per heavy atom. The molecule has 1 amide bonds. The monoisotopic (exact) mass is 505 g/mol. The van der Waals surface area contributed by atoms with Crippen molar-refractivity contribution in [2.24, 2.45) is 0 Å². The molecule has 1 heterocycles. The van der Waals surface area contributed by atoms with Gasteiger partial charge in [-0.25, -0.2) is 0 Å². The number of alkyl halides is 6. The van der Waals surface area contributed by atoms with Gasteiger partial charge in [-0.15, -0.1) is 0 Å². The van der Waals surface area contributed by atoms with E-state index < -0.39 is 58.1 Å². The highest BCUT2D eigenvalue weighted by atomic mass is 19.4. The fraction of sp³-hybridized carbons (Fsp3) is 0.154. The van der Waals surface area contributed by atoms with Crippen LogP contribution in [0.1, 0.15) is 38.7 Å². The van der Waals surface area contributed by atoms with Crippen molar-refractivity contribution in [2.45, 2.75) is 25.3 Å². The number of anilines is 1. The Kier molecular flexibility index (Phi) is 6.15. The smallest absolute Gasteiger partial charge is 0.416 e. The molecule has 0 saturated carbocycles. The minimum absolute atomic E-state index is 0.00196. The highest BCUT2D eigenvalue weighted by Gasteiger charge is 2.46. The zero-order valence-corrected chi connectivity index (χ0v) is 18.5. The minimum Gasteiger partial charge on any atom is -0.503 e. The molecular weight excluding hydrogens is 488 g/mol. The van der Waals surface area contributed by atoms with Gasteiger partial charge in [0, 0.05) is 11.3 Å². The zero-order valence-electron chi connectivity index (χ0n) is 18.5. The summed E-state index contributed by atoms with van der Waals surface area (Å²) in [6.07, 6.45) is -10.3. The Balaban J connectivity index is 1.98. The Hall–Kier alpha value is -4.08. The van der Waals surface area contributed by atoms with Crippen molar-refractivity contribution in [3.63, 3.8) is 0 Å². The number of rotatable bonds is 4. The number of nitrogens with zero attached hydrogens (tertiary/aromatic N) is 1. The summed E-state index contributed by atoms with van der Waals surface area (Å²) in [4.78, 5) is 27.3. The maximum Gasteiger partial charge on any atom is 0.416 e. The first-order chi connectivity index (χ1) is 16.8. The fourth-order valence-electron chi connectivity index (χ4n) is 4.00. The van der Waals surface area contributed by atoms with Crippen LogP contribution in [0, 0.1) is 6.92 Å². The third kappa shape index (κ3) is 4.58. The highest BCUT2D eigenvalue weighted by molar-refractivity contribution is 6.20. The number of aryl methyl sites for hydroxylation is 1. The largest absolute Gasteiger partial charge is 0.503 e. The van der Waals surface area contributed by atoms with Gasteiger partial charge in [-0.05, 0) is 42.8 Å². The van der Waals surface area contributed by atoms with Crippen LogP contribution in [0.2, 0.25) is 0 Å². The van der Waals surface area contributed by atoms with Crippen LogP contribution >= 0.6 is 0 Å². The standard InChI is InChI=1S/C26H17F6NO3/c1-14-7-9-15(10-8-14)22(34)20-21(33(24(36)23(20)35)19-5-3-2-4-6-19)16-11-17(25(27,28)29)13-18(12-16)26(30,31)32/h2-13,21,35H,1H3. The Labute approximate surface area is 201 Å². The van der Waals surface area contributed by atoms with Crippen LogP contribution in [0.15, 0.2) is 84.1 Å². The van der Waals surface area contributed by atoms with Gasteiger partial charge in [-0.2, -0.15) is 26.3 Å². The third-order valence-corrected chi connectivity index (χ3v) is 5.73. The molecular formula is C26H17F6NO3. The van der Waals surface area contributed by atoms with Gasteiger partial charge < -0.3 is 5.11 Å². The molecule has 36 heavy (non-hydrogen) atoms. The number of hydrogen-bond donors (Lipinski definition) is 1.